The van der Waals surface area contributed by atoms with Crippen molar-refractivity contribution < 1.29 is 44.3 Å². The molecule has 4 rings (SSSR count). The van der Waals surface area contributed by atoms with Crippen molar-refractivity contribution in [2.45, 2.75) is 56.3 Å². The normalized spacial score (nSPS) is 29.0. The molecule has 0 fully saturated rings. The number of phenols is 1. The summed E-state index contributed by atoms with van der Waals surface area (Å²) in [6, 6.07) is 3.29. The standard InChI is InChI=1S/C30H39N3O9/c1-6-17(35)42-26-19-15(10-7-8-13-32(2)3)14-11-9-12-16(34)18(14)24(36)20(19)27(38)30(41)22(26)23(33(4)5)25(37)21(28(30)39)29(31)40/h9,11-12,15,19,22-23,26,34,37-38,41H,6-8,10,13H2,1-5H3,(H2,31,40)/t15-,19+,22+,23-,26-,30-/m1/s1. The lowest BCUT2D eigenvalue weighted by atomic mass is 9.54. The van der Waals surface area contributed by atoms with E-state index in [9.17, 15) is 39.6 Å². The lowest BCUT2D eigenvalue weighted by Crippen LogP contribution is -2.69. The number of amides is 1. The van der Waals surface area contributed by atoms with E-state index >= 15 is 0 Å². The highest BCUT2D eigenvalue weighted by molar-refractivity contribution is 6.25. The molecule has 0 spiro atoms. The van der Waals surface area contributed by atoms with Crippen LogP contribution in [0.15, 0.2) is 40.9 Å². The molecule has 0 aliphatic heterocycles. The van der Waals surface area contributed by atoms with Crippen molar-refractivity contribution >= 4 is 23.4 Å². The van der Waals surface area contributed by atoms with Crippen molar-refractivity contribution in [2.24, 2.45) is 17.6 Å². The Bertz CT molecular complexity index is 1380. The first-order valence-electron chi connectivity index (χ1n) is 14.0. The number of benzene rings is 1. The van der Waals surface area contributed by atoms with Crippen LogP contribution >= 0.6 is 0 Å². The molecule has 6 N–H and O–H groups in total. The van der Waals surface area contributed by atoms with Crippen LogP contribution in [0.3, 0.4) is 0 Å². The van der Waals surface area contributed by atoms with Gasteiger partial charge in [-0.1, -0.05) is 25.5 Å². The van der Waals surface area contributed by atoms with Gasteiger partial charge in [0, 0.05) is 17.9 Å². The Morgan fingerprint density at radius 2 is 1.74 bits per heavy atom. The molecule has 12 nitrogen and oxygen atoms in total. The van der Waals surface area contributed by atoms with E-state index in [1.807, 2.05) is 19.0 Å². The van der Waals surface area contributed by atoms with Gasteiger partial charge in [-0.15, -0.1) is 0 Å². The van der Waals surface area contributed by atoms with Gasteiger partial charge in [0.05, 0.1) is 17.5 Å². The molecule has 0 aromatic heterocycles. The predicted molar refractivity (Wildman–Crippen MR) is 151 cm³/mol. The maximum Gasteiger partial charge on any atom is 0.305 e. The van der Waals surface area contributed by atoms with Crippen LogP contribution in [0.4, 0.5) is 0 Å². The molecule has 0 radical (unpaired) electrons. The Kier molecular flexibility index (Phi) is 8.55. The number of carbonyl (C=O) groups is 4. The molecular weight excluding hydrogens is 546 g/mol. The number of hydrogen-bond donors (Lipinski definition) is 5. The predicted octanol–water partition coefficient (Wildman–Crippen LogP) is 1.33. The van der Waals surface area contributed by atoms with Crippen LogP contribution in [0.2, 0.25) is 0 Å². The number of phenolic OH excluding ortho intramolecular Hbond substituents is 1. The van der Waals surface area contributed by atoms with Crippen LogP contribution in [-0.4, -0.2) is 106 Å². The van der Waals surface area contributed by atoms with Crippen LogP contribution in [0.25, 0.3) is 0 Å². The van der Waals surface area contributed by atoms with Crippen molar-refractivity contribution in [1.29, 1.82) is 0 Å². The minimum Gasteiger partial charge on any atom is -0.510 e. The lowest BCUT2D eigenvalue weighted by molar-refractivity contribution is -0.181. The first-order valence-corrected chi connectivity index (χ1v) is 14.0. The van der Waals surface area contributed by atoms with E-state index < -0.39 is 76.0 Å². The minimum atomic E-state index is -2.96. The van der Waals surface area contributed by atoms with Crippen LogP contribution < -0.4 is 5.73 Å². The Morgan fingerprint density at radius 3 is 2.31 bits per heavy atom. The van der Waals surface area contributed by atoms with E-state index in [0.29, 0.717) is 18.4 Å². The van der Waals surface area contributed by atoms with Gasteiger partial charge in [-0.3, -0.25) is 24.1 Å². The summed E-state index contributed by atoms with van der Waals surface area (Å²) >= 11 is 0. The fourth-order valence-corrected chi connectivity index (χ4v) is 6.88. The van der Waals surface area contributed by atoms with Gasteiger partial charge < -0.3 is 35.8 Å². The summed E-state index contributed by atoms with van der Waals surface area (Å²) in [5, 5.41) is 45.8. The summed E-state index contributed by atoms with van der Waals surface area (Å²) in [5.74, 6) is -9.54. The molecule has 1 aromatic rings. The zero-order chi connectivity index (χ0) is 31.3. The van der Waals surface area contributed by atoms with Gasteiger partial charge >= 0.3 is 5.97 Å². The topological polar surface area (TPSA) is 191 Å². The van der Waals surface area contributed by atoms with E-state index in [2.05, 4.69) is 0 Å². The second-order valence-corrected chi connectivity index (χ2v) is 11.7. The highest BCUT2D eigenvalue weighted by Gasteiger charge is 2.68. The number of nitrogens with two attached hydrogens (primary N) is 1. The Hall–Kier alpha value is -3.74. The van der Waals surface area contributed by atoms with Gasteiger partial charge in [0.15, 0.2) is 11.4 Å². The molecule has 0 saturated heterocycles. The highest BCUT2D eigenvalue weighted by Crippen LogP contribution is 2.57. The first-order chi connectivity index (χ1) is 19.7. The van der Waals surface area contributed by atoms with E-state index in [1.54, 1.807) is 19.1 Å². The third-order valence-corrected chi connectivity index (χ3v) is 8.70. The first kappa shape index (κ1) is 31.2. The number of aromatic hydroxyl groups is 1. The second kappa shape index (κ2) is 11.5. The fraction of sp³-hybridized carbons (Fsp3) is 0.533. The van der Waals surface area contributed by atoms with Crippen LogP contribution in [0, 0.1) is 11.8 Å². The van der Waals surface area contributed by atoms with Gasteiger partial charge in [-0.05, 0) is 65.1 Å². The number of aliphatic hydroxyl groups is 3. The lowest BCUT2D eigenvalue weighted by Gasteiger charge is -2.54. The summed E-state index contributed by atoms with van der Waals surface area (Å²) in [5.41, 5.74) is 1.56. The molecular formula is C30H39N3O9. The number of ketones is 2. The van der Waals surface area contributed by atoms with Crippen molar-refractivity contribution in [3.8, 4) is 5.75 Å². The third kappa shape index (κ3) is 4.77. The third-order valence-electron chi connectivity index (χ3n) is 8.70. The number of primary amides is 1. The zero-order valence-electron chi connectivity index (χ0n) is 24.5. The molecule has 6 atom stereocenters. The molecule has 3 aliphatic rings. The molecule has 1 amide bonds. The molecule has 228 valence electrons. The Balaban J connectivity index is 2.05. The van der Waals surface area contributed by atoms with E-state index in [-0.39, 0.29) is 23.3 Å². The summed E-state index contributed by atoms with van der Waals surface area (Å²) < 4.78 is 5.94. The Labute approximate surface area is 244 Å². The second-order valence-electron chi connectivity index (χ2n) is 11.7. The number of unbranched alkanes of at least 4 members (excludes halogenated alkanes) is 1. The monoisotopic (exact) mass is 585 g/mol. The average molecular weight is 586 g/mol. The summed E-state index contributed by atoms with van der Waals surface area (Å²) in [6.07, 6.45) is 0.402. The van der Waals surface area contributed by atoms with Gasteiger partial charge in [-0.25, -0.2) is 0 Å². The number of hydrogen-bond acceptors (Lipinski definition) is 11. The van der Waals surface area contributed by atoms with Crippen molar-refractivity contribution in [1.82, 2.24) is 9.80 Å². The maximum atomic E-state index is 14.1. The number of likely N-dealkylation sites (N-methyl/N-ethyl adjacent to an activating group) is 1. The van der Waals surface area contributed by atoms with E-state index in [0.717, 1.165) is 13.0 Å². The van der Waals surface area contributed by atoms with Crippen LogP contribution in [0.5, 0.6) is 5.75 Å². The minimum absolute atomic E-state index is 0.0762. The van der Waals surface area contributed by atoms with Gasteiger partial charge in [-0.2, -0.15) is 0 Å². The molecule has 0 unspecified atom stereocenters. The van der Waals surface area contributed by atoms with Crippen molar-refractivity contribution in [2.75, 3.05) is 34.7 Å². The Morgan fingerprint density at radius 1 is 1.07 bits per heavy atom. The molecule has 42 heavy (non-hydrogen) atoms. The molecule has 0 bridgehead atoms. The molecule has 0 heterocycles. The fourth-order valence-electron chi connectivity index (χ4n) is 6.88. The quantitative estimate of drug-likeness (QED) is 0.160. The van der Waals surface area contributed by atoms with Crippen LogP contribution in [0.1, 0.15) is 54.4 Å². The maximum absolute atomic E-state index is 14.1. The number of fused-ring (bicyclic) bond motifs is 3. The van der Waals surface area contributed by atoms with Gasteiger partial charge in [0.2, 0.25) is 5.78 Å². The van der Waals surface area contributed by atoms with Crippen molar-refractivity contribution in [3.63, 3.8) is 0 Å². The highest BCUT2D eigenvalue weighted by atomic mass is 16.5. The number of carbonyl (C=O) groups excluding carboxylic acids is 4. The van der Waals surface area contributed by atoms with Gasteiger partial charge in [0.25, 0.3) is 5.91 Å². The summed E-state index contributed by atoms with van der Waals surface area (Å²) in [7, 11) is 6.91. The van der Waals surface area contributed by atoms with Crippen molar-refractivity contribution in [3.05, 3.63) is 52.0 Å². The number of rotatable bonds is 9. The number of ether oxygens (including phenoxy) is 1. The largest absolute Gasteiger partial charge is 0.510 e. The number of esters is 1. The molecule has 3 aliphatic carbocycles. The molecule has 12 heteroatoms. The average Bonchev–Trinajstić information content (AvgIpc) is 2.90. The number of Topliss-reactive ketones (excluding diaryl/α,β-unsaturated/α-hetero) is 2. The molecule has 1 aromatic carbocycles. The zero-order valence-corrected chi connectivity index (χ0v) is 24.5. The summed E-state index contributed by atoms with van der Waals surface area (Å²) in [6.45, 7) is 2.33. The van der Waals surface area contributed by atoms with Gasteiger partial charge in [0.1, 0.15) is 28.9 Å². The number of aliphatic hydroxyl groups excluding tert-OH is 2. The summed E-state index contributed by atoms with van der Waals surface area (Å²) in [4.78, 5) is 56.5. The smallest absolute Gasteiger partial charge is 0.305 e. The molecule has 0 saturated carbocycles. The van der Waals surface area contributed by atoms with Crippen LogP contribution in [-0.2, 0) is 19.1 Å². The van der Waals surface area contributed by atoms with E-state index in [1.165, 1.54) is 25.1 Å². The van der Waals surface area contributed by atoms with E-state index in [4.69, 9.17) is 10.5 Å². The SMILES string of the molecule is CCC(=O)O[C@@H]1[C@@H]2C(=C(O)[C@@]3(O)C(=O)C(C(N)=O)=C(O)[C@H](N(C)C)[C@@H]13)C(=O)c1c(O)cccc1[C@H]2CCCCN(C)C. The number of nitrogens with zero attached hydrogens (tertiary/aromatic N) is 2.